The van der Waals surface area contributed by atoms with Crippen LogP contribution in [-0.2, 0) is 16.0 Å². The molecule has 5 nitrogen and oxygen atoms in total. The normalized spacial score (nSPS) is 12.0. The Balaban J connectivity index is 1.81. The number of anilines is 1. The minimum atomic E-state index is -0.648. The van der Waals surface area contributed by atoms with Crippen molar-refractivity contribution in [1.82, 2.24) is 10.3 Å². The summed E-state index contributed by atoms with van der Waals surface area (Å²) < 4.78 is 1.08. The first-order valence-corrected chi connectivity index (χ1v) is 9.41. The van der Waals surface area contributed by atoms with Crippen LogP contribution in [0.4, 0.5) is 5.69 Å². The number of benzene rings is 2. The average Bonchev–Trinajstić information content (AvgIpc) is 3.00. The third kappa shape index (κ3) is 4.24. The lowest BCUT2D eigenvalue weighted by Crippen LogP contribution is -2.44. The number of nitrogens with one attached hydrogen (secondary N) is 3. The minimum Gasteiger partial charge on any atom is -0.361 e. The molecule has 1 heterocycles. The van der Waals surface area contributed by atoms with Crippen molar-refractivity contribution >= 4 is 51.0 Å². The van der Waals surface area contributed by atoms with Gasteiger partial charge in [0.25, 0.3) is 0 Å². The van der Waals surface area contributed by atoms with Gasteiger partial charge >= 0.3 is 0 Å². The van der Waals surface area contributed by atoms with Gasteiger partial charge in [-0.1, -0.05) is 24.3 Å². The van der Waals surface area contributed by atoms with E-state index in [1.807, 2.05) is 55.6 Å². The van der Waals surface area contributed by atoms with Crippen molar-refractivity contribution in [2.75, 3.05) is 5.32 Å². The van der Waals surface area contributed by atoms with Crippen molar-refractivity contribution in [2.24, 2.45) is 0 Å². The molecule has 1 atom stereocenters. The number of halogens is 1. The van der Waals surface area contributed by atoms with Crippen LogP contribution in [0, 0.1) is 10.5 Å². The molecule has 1 unspecified atom stereocenters. The Morgan fingerprint density at radius 1 is 1.19 bits per heavy atom. The molecule has 3 N–H and O–H groups in total. The summed E-state index contributed by atoms with van der Waals surface area (Å²) in [6.07, 6.45) is 2.31. The highest BCUT2D eigenvalue weighted by atomic mass is 127. The Morgan fingerprint density at radius 3 is 2.69 bits per heavy atom. The van der Waals surface area contributed by atoms with Gasteiger partial charge in [0.2, 0.25) is 11.8 Å². The van der Waals surface area contributed by atoms with Crippen LogP contribution >= 0.6 is 22.6 Å². The number of carbonyl (C=O) groups is 2. The van der Waals surface area contributed by atoms with Gasteiger partial charge in [-0.05, 0) is 58.8 Å². The number of aromatic nitrogens is 1. The molecular weight excluding hydrogens is 441 g/mol. The second-order valence-electron chi connectivity index (χ2n) is 6.27. The highest BCUT2D eigenvalue weighted by molar-refractivity contribution is 14.1. The molecule has 0 spiro atoms. The Bertz CT molecular complexity index is 965. The molecule has 3 aromatic rings. The fourth-order valence-electron chi connectivity index (χ4n) is 2.88. The predicted molar refractivity (Wildman–Crippen MR) is 112 cm³/mol. The smallest absolute Gasteiger partial charge is 0.247 e. The molecule has 1 aromatic heterocycles. The summed E-state index contributed by atoms with van der Waals surface area (Å²) in [6.45, 7) is 3.44. The fourth-order valence-corrected chi connectivity index (χ4v) is 3.39. The SMILES string of the molecule is CC(=O)NC(Cc1c[nH]c2ccccc12)C(=O)Nc1ccc(C)c(I)c1. The number of H-pyrrole nitrogens is 1. The standard InChI is InChI=1S/C20H20IN3O2/c1-12-7-8-15(10-17(12)21)24-20(26)19(23-13(2)25)9-14-11-22-18-6-4-3-5-16(14)18/h3-8,10-11,19,22H,9H2,1-2H3,(H,23,25)(H,24,26). The number of aromatic amines is 1. The number of aryl methyl sites for hydroxylation is 1. The molecule has 0 fully saturated rings. The van der Waals surface area contributed by atoms with E-state index in [2.05, 4.69) is 38.2 Å². The zero-order valence-electron chi connectivity index (χ0n) is 14.6. The number of rotatable bonds is 5. The molecule has 0 radical (unpaired) electrons. The lowest BCUT2D eigenvalue weighted by Gasteiger charge is -2.18. The van der Waals surface area contributed by atoms with Crippen LogP contribution in [-0.4, -0.2) is 22.8 Å². The molecule has 0 bridgehead atoms. The summed E-state index contributed by atoms with van der Waals surface area (Å²) in [5, 5.41) is 6.73. The van der Waals surface area contributed by atoms with E-state index in [-0.39, 0.29) is 11.8 Å². The van der Waals surface area contributed by atoms with E-state index in [9.17, 15) is 9.59 Å². The number of para-hydroxylation sites is 1. The maximum atomic E-state index is 12.8. The quantitative estimate of drug-likeness (QED) is 0.507. The molecule has 134 valence electrons. The summed E-state index contributed by atoms with van der Waals surface area (Å²) in [6, 6.07) is 13.0. The number of hydrogen-bond acceptors (Lipinski definition) is 2. The van der Waals surface area contributed by atoms with Gasteiger partial charge in [0.05, 0.1) is 0 Å². The van der Waals surface area contributed by atoms with Gasteiger partial charge in [0.15, 0.2) is 0 Å². The molecule has 0 aliphatic heterocycles. The van der Waals surface area contributed by atoms with E-state index in [0.717, 1.165) is 31.3 Å². The Morgan fingerprint density at radius 2 is 1.96 bits per heavy atom. The van der Waals surface area contributed by atoms with E-state index < -0.39 is 6.04 Å². The summed E-state index contributed by atoms with van der Waals surface area (Å²) in [5.74, 6) is -0.464. The zero-order chi connectivity index (χ0) is 18.7. The maximum Gasteiger partial charge on any atom is 0.247 e. The Kier molecular flexibility index (Phi) is 5.61. The number of fused-ring (bicyclic) bond motifs is 1. The van der Waals surface area contributed by atoms with Gasteiger partial charge in [-0.3, -0.25) is 9.59 Å². The van der Waals surface area contributed by atoms with E-state index in [1.165, 1.54) is 6.92 Å². The predicted octanol–water partition coefficient (Wildman–Crippen LogP) is 3.77. The lowest BCUT2D eigenvalue weighted by atomic mass is 10.0. The topological polar surface area (TPSA) is 74.0 Å². The summed E-state index contributed by atoms with van der Waals surface area (Å²) in [7, 11) is 0. The molecule has 2 aromatic carbocycles. The maximum absolute atomic E-state index is 12.8. The van der Waals surface area contributed by atoms with Crippen molar-refractivity contribution in [2.45, 2.75) is 26.3 Å². The summed E-state index contributed by atoms with van der Waals surface area (Å²) >= 11 is 2.24. The van der Waals surface area contributed by atoms with E-state index in [4.69, 9.17) is 0 Å². The average molecular weight is 461 g/mol. The lowest BCUT2D eigenvalue weighted by molar-refractivity contribution is -0.125. The van der Waals surface area contributed by atoms with Crippen molar-refractivity contribution in [3.8, 4) is 0 Å². The molecule has 3 rings (SSSR count). The van der Waals surface area contributed by atoms with Crippen LogP contribution in [0.3, 0.4) is 0 Å². The molecule has 2 amide bonds. The molecule has 0 aliphatic carbocycles. The third-order valence-electron chi connectivity index (χ3n) is 4.23. The Hall–Kier alpha value is -2.35. The largest absolute Gasteiger partial charge is 0.361 e. The van der Waals surface area contributed by atoms with E-state index >= 15 is 0 Å². The van der Waals surface area contributed by atoms with E-state index in [0.29, 0.717) is 6.42 Å². The van der Waals surface area contributed by atoms with Gasteiger partial charge in [0, 0.05) is 39.7 Å². The van der Waals surface area contributed by atoms with Gasteiger partial charge in [-0.25, -0.2) is 0 Å². The first kappa shape index (κ1) is 18.4. The summed E-state index contributed by atoms with van der Waals surface area (Å²) in [5.41, 5.74) is 3.88. The second kappa shape index (κ2) is 7.90. The molecular formula is C20H20IN3O2. The van der Waals surface area contributed by atoms with Gasteiger partial charge in [-0.2, -0.15) is 0 Å². The second-order valence-corrected chi connectivity index (χ2v) is 7.43. The zero-order valence-corrected chi connectivity index (χ0v) is 16.8. The highest BCUT2D eigenvalue weighted by Gasteiger charge is 2.21. The molecule has 0 saturated carbocycles. The summed E-state index contributed by atoms with van der Waals surface area (Å²) in [4.78, 5) is 27.6. The monoisotopic (exact) mass is 461 g/mol. The number of amides is 2. The van der Waals surface area contributed by atoms with Crippen LogP contribution in [0.1, 0.15) is 18.1 Å². The van der Waals surface area contributed by atoms with Gasteiger partial charge in [0.1, 0.15) is 6.04 Å². The molecule has 0 saturated heterocycles. The van der Waals surface area contributed by atoms with Crippen molar-refractivity contribution in [3.63, 3.8) is 0 Å². The first-order valence-electron chi connectivity index (χ1n) is 8.33. The molecule has 6 heteroatoms. The molecule has 0 aliphatic rings. The van der Waals surface area contributed by atoms with Gasteiger partial charge in [-0.15, -0.1) is 0 Å². The van der Waals surface area contributed by atoms with E-state index in [1.54, 1.807) is 0 Å². The van der Waals surface area contributed by atoms with Crippen LogP contribution < -0.4 is 10.6 Å². The van der Waals surface area contributed by atoms with Gasteiger partial charge < -0.3 is 15.6 Å². The van der Waals surface area contributed by atoms with Crippen LogP contribution in [0.15, 0.2) is 48.7 Å². The van der Waals surface area contributed by atoms with Crippen LogP contribution in [0.5, 0.6) is 0 Å². The van der Waals surface area contributed by atoms with Crippen molar-refractivity contribution < 1.29 is 9.59 Å². The first-order chi connectivity index (χ1) is 12.4. The number of hydrogen-bond donors (Lipinski definition) is 3. The molecule has 26 heavy (non-hydrogen) atoms. The van der Waals surface area contributed by atoms with Crippen molar-refractivity contribution in [3.05, 3.63) is 63.4 Å². The third-order valence-corrected chi connectivity index (χ3v) is 5.39. The van der Waals surface area contributed by atoms with Crippen molar-refractivity contribution in [1.29, 1.82) is 0 Å². The minimum absolute atomic E-state index is 0.231. The number of carbonyl (C=O) groups excluding carboxylic acids is 2. The highest BCUT2D eigenvalue weighted by Crippen LogP contribution is 2.20. The Labute approximate surface area is 165 Å². The van der Waals surface area contributed by atoms with Crippen LogP contribution in [0.25, 0.3) is 10.9 Å². The van der Waals surface area contributed by atoms with Crippen LogP contribution in [0.2, 0.25) is 0 Å². The fraction of sp³-hybridized carbons (Fsp3) is 0.200.